The molecule has 0 N–H and O–H groups in total. The highest BCUT2D eigenvalue weighted by atomic mass is 14.3. The number of rotatable bonds is 0. The van der Waals surface area contributed by atoms with Gasteiger partial charge in [0.2, 0.25) is 0 Å². The molecule has 0 aliphatic heterocycles. The molecule has 0 radical (unpaired) electrons. The molecule has 0 aromatic heterocycles. The summed E-state index contributed by atoms with van der Waals surface area (Å²) in [6.07, 6.45) is 10.7. The summed E-state index contributed by atoms with van der Waals surface area (Å²) in [6, 6.07) is 0. The molecule has 2 aliphatic carbocycles. The fourth-order valence-corrected chi connectivity index (χ4v) is 1.81. The molecule has 0 heteroatoms. The molecule has 2 aliphatic rings. The summed E-state index contributed by atoms with van der Waals surface area (Å²) in [6.45, 7) is 0. The SMILES string of the molecule is C1=CC2CCCCC12. The third kappa shape index (κ3) is 0.521. The van der Waals surface area contributed by atoms with E-state index >= 15 is 0 Å². The number of allylic oxidation sites excluding steroid dienone is 2. The summed E-state index contributed by atoms with van der Waals surface area (Å²) in [7, 11) is 0. The molecule has 44 valence electrons. The van der Waals surface area contributed by atoms with E-state index in [2.05, 4.69) is 12.2 Å². The predicted octanol–water partition coefficient (Wildman–Crippen LogP) is 2.36. The minimum Gasteiger partial charge on any atom is -0.0845 e. The van der Waals surface area contributed by atoms with Crippen LogP contribution in [-0.4, -0.2) is 0 Å². The van der Waals surface area contributed by atoms with Gasteiger partial charge in [-0.2, -0.15) is 0 Å². The Morgan fingerprint density at radius 1 is 0.875 bits per heavy atom. The molecule has 8 heavy (non-hydrogen) atoms. The van der Waals surface area contributed by atoms with Gasteiger partial charge in [-0.3, -0.25) is 0 Å². The molecule has 1 saturated carbocycles. The Bertz CT molecular complexity index is 99.2. The van der Waals surface area contributed by atoms with Crippen molar-refractivity contribution in [2.75, 3.05) is 0 Å². The standard InChI is InChI=1S/C8H12/c1-2-4-8-6-5-7(8)3-1/h5-8H,1-4H2. The molecule has 0 aromatic rings. The van der Waals surface area contributed by atoms with Gasteiger partial charge in [-0.1, -0.05) is 25.0 Å². The van der Waals surface area contributed by atoms with Gasteiger partial charge in [0.05, 0.1) is 0 Å². The molecule has 2 rings (SSSR count). The second-order valence-corrected chi connectivity index (χ2v) is 3.00. The first kappa shape index (κ1) is 4.60. The third-order valence-corrected chi connectivity index (χ3v) is 2.48. The Morgan fingerprint density at radius 3 is 1.62 bits per heavy atom. The number of hydrogen-bond donors (Lipinski definition) is 0. The van der Waals surface area contributed by atoms with E-state index in [0.29, 0.717) is 0 Å². The van der Waals surface area contributed by atoms with E-state index in [-0.39, 0.29) is 0 Å². The van der Waals surface area contributed by atoms with Crippen molar-refractivity contribution in [2.24, 2.45) is 11.8 Å². The van der Waals surface area contributed by atoms with E-state index in [1.165, 1.54) is 25.7 Å². The molecular weight excluding hydrogens is 96.1 g/mol. The van der Waals surface area contributed by atoms with Gasteiger partial charge in [0, 0.05) is 0 Å². The maximum atomic E-state index is 2.38. The molecule has 0 amide bonds. The lowest BCUT2D eigenvalue weighted by molar-refractivity contribution is 0.304. The summed E-state index contributed by atoms with van der Waals surface area (Å²) in [5.74, 6) is 2.01. The Kier molecular flexibility index (Phi) is 0.927. The molecule has 0 spiro atoms. The second-order valence-electron chi connectivity index (χ2n) is 3.00. The van der Waals surface area contributed by atoms with E-state index in [1.54, 1.807) is 0 Å². The van der Waals surface area contributed by atoms with Crippen molar-refractivity contribution in [3.63, 3.8) is 0 Å². The van der Waals surface area contributed by atoms with E-state index in [4.69, 9.17) is 0 Å². The van der Waals surface area contributed by atoms with Gasteiger partial charge in [-0.05, 0) is 24.7 Å². The second kappa shape index (κ2) is 1.61. The zero-order valence-corrected chi connectivity index (χ0v) is 5.14. The maximum absolute atomic E-state index is 2.38. The van der Waals surface area contributed by atoms with Crippen molar-refractivity contribution in [2.45, 2.75) is 25.7 Å². The Balaban J connectivity index is 2.04. The highest BCUT2D eigenvalue weighted by Crippen LogP contribution is 2.38. The van der Waals surface area contributed by atoms with Gasteiger partial charge in [0.1, 0.15) is 0 Å². The fourth-order valence-electron chi connectivity index (χ4n) is 1.81. The number of hydrogen-bond acceptors (Lipinski definition) is 0. The van der Waals surface area contributed by atoms with Crippen LogP contribution in [0, 0.1) is 11.8 Å². The molecule has 0 aromatic carbocycles. The normalized spacial score (nSPS) is 43.0. The quantitative estimate of drug-likeness (QED) is 0.418. The predicted molar refractivity (Wildman–Crippen MR) is 34.6 cm³/mol. The van der Waals surface area contributed by atoms with Gasteiger partial charge >= 0.3 is 0 Å². The van der Waals surface area contributed by atoms with Crippen LogP contribution in [0.25, 0.3) is 0 Å². The average Bonchev–Trinajstić information content (AvgIpc) is 1.72. The maximum Gasteiger partial charge on any atom is -0.0170 e. The smallest absolute Gasteiger partial charge is 0.0170 e. The van der Waals surface area contributed by atoms with Gasteiger partial charge in [-0.25, -0.2) is 0 Å². The summed E-state index contributed by atoms with van der Waals surface area (Å²) in [4.78, 5) is 0. The summed E-state index contributed by atoms with van der Waals surface area (Å²) >= 11 is 0. The van der Waals surface area contributed by atoms with Gasteiger partial charge in [0.15, 0.2) is 0 Å². The summed E-state index contributed by atoms with van der Waals surface area (Å²) in [5.41, 5.74) is 0. The zero-order chi connectivity index (χ0) is 5.40. The first-order valence-electron chi connectivity index (χ1n) is 3.65. The lowest BCUT2D eigenvalue weighted by Gasteiger charge is -2.33. The van der Waals surface area contributed by atoms with Crippen molar-refractivity contribution >= 4 is 0 Å². The van der Waals surface area contributed by atoms with Crippen molar-refractivity contribution in [3.8, 4) is 0 Å². The van der Waals surface area contributed by atoms with Crippen molar-refractivity contribution in [1.82, 2.24) is 0 Å². The molecule has 0 saturated heterocycles. The molecular formula is C8H12. The average molecular weight is 108 g/mol. The van der Waals surface area contributed by atoms with Crippen molar-refractivity contribution in [1.29, 1.82) is 0 Å². The van der Waals surface area contributed by atoms with Gasteiger partial charge < -0.3 is 0 Å². The fraction of sp³-hybridized carbons (Fsp3) is 0.750. The van der Waals surface area contributed by atoms with E-state index in [1.807, 2.05) is 0 Å². The summed E-state index contributed by atoms with van der Waals surface area (Å²) < 4.78 is 0. The van der Waals surface area contributed by atoms with Crippen LogP contribution in [-0.2, 0) is 0 Å². The van der Waals surface area contributed by atoms with E-state index in [9.17, 15) is 0 Å². The minimum absolute atomic E-state index is 1.00. The molecule has 0 nitrogen and oxygen atoms in total. The summed E-state index contributed by atoms with van der Waals surface area (Å²) in [5, 5.41) is 0. The van der Waals surface area contributed by atoms with Gasteiger partial charge in [0.25, 0.3) is 0 Å². The lowest BCUT2D eigenvalue weighted by Crippen LogP contribution is -2.21. The minimum atomic E-state index is 1.00. The molecule has 0 heterocycles. The van der Waals surface area contributed by atoms with Crippen molar-refractivity contribution < 1.29 is 0 Å². The van der Waals surface area contributed by atoms with Crippen LogP contribution >= 0.6 is 0 Å². The Morgan fingerprint density at radius 2 is 1.38 bits per heavy atom. The van der Waals surface area contributed by atoms with Crippen LogP contribution in [0.3, 0.4) is 0 Å². The Hall–Kier alpha value is -0.260. The first-order chi connectivity index (χ1) is 3.97. The highest BCUT2D eigenvalue weighted by molar-refractivity contribution is 5.09. The van der Waals surface area contributed by atoms with Crippen molar-refractivity contribution in [3.05, 3.63) is 12.2 Å². The highest BCUT2D eigenvalue weighted by Gasteiger charge is 2.25. The molecule has 1 fully saturated rings. The molecule has 0 bridgehead atoms. The first-order valence-corrected chi connectivity index (χ1v) is 3.65. The third-order valence-electron chi connectivity index (χ3n) is 2.48. The molecule has 2 atom stereocenters. The topological polar surface area (TPSA) is 0 Å². The van der Waals surface area contributed by atoms with E-state index in [0.717, 1.165) is 11.8 Å². The van der Waals surface area contributed by atoms with Crippen LogP contribution in [0.5, 0.6) is 0 Å². The van der Waals surface area contributed by atoms with Crippen LogP contribution in [0.2, 0.25) is 0 Å². The van der Waals surface area contributed by atoms with Crippen LogP contribution in [0.15, 0.2) is 12.2 Å². The van der Waals surface area contributed by atoms with Crippen LogP contribution in [0.4, 0.5) is 0 Å². The lowest BCUT2D eigenvalue weighted by atomic mass is 9.72. The van der Waals surface area contributed by atoms with E-state index < -0.39 is 0 Å². The zero-order valence-electron chi connectivity index (χ0n) is 5.14. The van der Waals surface area contributed by atoms with Crippen LogP contribution < -0.4 is 0 Å². The number of fused-ring (bicyclic) bond motifs is 1. The monoisotopic (exact) mass is 108 g/mol. The van der Waals surface area contributed by atoms with Crippen LogP contribution in [0.1, 0.15) is 25.7 Å². The largest absolute Gasteiger partial charge is 0.0845 e. The Labute approximate surface area is 50.6 Å². The van der Waals surface area contributed by atoms with Gasteiger partial charge in [-0.15, -0.1) is 0 Å². The molecule has 2 unspecified atom stereocenters.